The number of carbonyl (C=O) groups excluding carboxylic acids is 1. The first-order valence-corrected chi connectivity index (χ1v) is 7.63. The zero-order chi connectivity index (χ0) is 16.7. The molecular formula is C18H20N4O. The fourth-order valence-corrected chi connectivity index (χ4v) is 2.16. The molecule has 1 heterocycles. The van der Waals surface area contributed by atoms with Gasteiger partial charge in [0, 0.05) is 25.5 Å². The first-order chi connectivity index (χ1) is 11.2. The van der Waals surface area contributed by atoms with Gasteiger partial charge in [-0.05, 0) is 30.7 Å². The fourth-order valence-electron chi connectivity index (χ4n) is 2.16. The van der Waals surface area contributed by atoms with E-state index in [1.807, 2.05) is 18.2 Å². The number of hydrogen-bond acceptors (Lipinski definition) is 4. The minimum Gasteiger partial charge on any atom is -0.354 e. The summed E-state index contributed by atoms with van der Waals surface area (Å²) in [7, 11) is 1.78. The summed E-state index contributed by atoms with van der Waals surface area (Å²) < 4.78 is 0. The number of pyridine rings is 1. The van der Waals surface area contributed by atoms with Crippen molar-refractivity contribution in [1.29, 1.82) is 5.26 Å². The Balaban J connectivity index is 2.17. The maximum atomic E-state index is 12.4. The quantitative estimate of drug-likeness (QED) is 0.885. The van der Waals surface area contributed by atoms with E-state index in [1.165, 1.54) is 0 Å². The minimum absolute atomic E-state index is 0.101. The van der Waals surface area contributed by atoms with Gasteiger partial charge >= 0.3 is 0 Å². The fraction of sp³-hybridized carbons (Fsp3) is 0.278. The van der Waals surface area contributed by atoms with Crippen LogP contribution in [-0.4, -0.2) is 29.4 Å². The third-order valence-electron chi connectivity index (χ3n) is 3.50. The summed E-state index contributed by atoms with van der Waals surface area (Å²) in [6.45, 7) is 2.81. The number of para-hydroxylation sites is 1. The van der Waals surface area contributed by atoms with Crippen LogP contribution in [0.25, 0.3) is 0 Å². The molecule has 0 saturated heterocycles. The van der Waals surface area contributed by atoms with Gasteiger partial charge in [0.25, 0.3) is 5.91 Å². The van der Waals surface area contributed by atoms with Gasteiger partial charge in [-0.1, -0.05) is 25.5 Å². The Morgan fingerprint density at radius 3 is 2.87 bits per heavy atom. The largest absolute Gasteiger partial charge is 0.354 e. The van der Waals surface area contributed by atoms with Crippen molar-refractivity contribution in [1.82, 2.24) is 9.88 Å². The molecule has 1 aromatic carbocycles. The van der Waals surface area contributed by atoms with Crippen molar-refractivity contribution in [2.45, 2.75) is 19.8 Å². The zero-order valence-corrected chi connectivity index (χ0v) is 13.4. The van der Waals surface area contributed by atoms with Crippen molar-refractivity contribution in [3.8, 4) is 6.07 Å². The van der Waals surface area contributed by atoms with E-state index in [0.29, 0.717) is 23.5 Å². The average Bonchev–Trinajstić information content (AvgIpc) is 2.59. The number of nitriles is 1. The number of amides is 1. The highest BCUT2D eigenvalue weighted by Crippen LogP contribution is 2.20. The number of rotatable bonds is 6. The lowest BCUT2D eigenvalue weighted by atomic mass is 10.2. The molecule has 2 aromatic rings. The van der Waals surface area contributed by atoms with E-state index >= 15 is 0 Å². The van der Waals surface area contributed by atoms with E-state index in [0.717, 1.165) is 18.5 Å². The second-order valence-corrected chi connectivity index (χ2v) is 5.29. The molecule has 118 valence electrons. The first kappa shape index (κ1) is 16.5. The highest BCUT2D eigenvalue weighted by Gasteiger charge is 2.13. The third kappa shape index (κ3) is 4.30. The van der Waals surface area contributed by atoms with Crippen molar-refractivity contribution in [2.24, 2.45) is 0 Å². The SMILES string of the molecule is CCCCN(C)C(=O)c1cc(Nc2ccccc2C#N)ccn1. The highest BCUT2D eigenvalue weighted by molar-refractivity contribution is 5.93. The van der Waals surface area contributed by atoms with E-state index in [2.05, 4.69) is 23.3 Å². The van der Waals surface area contributed by atoms with Crippen LogP contribution in [0.1, 0.15) is 35.8 Å². The van der Waals surface area contributed by atoms with Gasteiger partial charge < -0.3 is 10.2 Å². The molecule has 5 nitrogen and oxygen atoms in total. The van der Waals surface area contributed by atoms with Gasteiger partial charge in [0.1, 0.15) is 11.8 Å². The Morgan fingerprint density at radius 1 is 1.35 bits per heavy atom. The van der Waals surface area contributed by atoms with Crippen molar-refractivity contribution < 1.29 is 4.79 Å². The molecule has 0 bridgehead atoms. The van der Waals surface area contributed by atoms with E-state index in [1.54, 1.807) is 36.3 Å². The molecule has 0 atom stereocenters. The van der Waals surface area contributed by atoms with E-state index in [-0.39, 0.29) is 5.91 Å². The summed E-state index contributed by atoms with van der Waals surface area (Å²) in [5.74, 6) is -0.101. The summed E-state index contributed by atoms with van der Waals surface area (Å²) in [6, 6.07) is 12.9. The third-order valence-corrected chi connectivity index (χ3v) is 3.50. The Labute approximate surface area is 136 Å². The van der Waals surface area contributed by atoms with Crippen LogP contribution in [0.3, 0.4) is 0 Å². The van der Waals surface area contributed by atoms with Crippen molar-refractivity contribution >= 4 is 17.3 Å². The zero-order valence-electron chi connectivity index (χ0n) is 13.4. The molecule has 0 aliphatic carbocycles. The van der Waals surface area contributed by atoms with Gasteiger partial charge in [-0.2, -0.15) is 5.26 Å². The van der Waals surface area contributed by atoms with Gasteiger partial charge in [0.05, 0.1) is 11.3 Å². The van der Waals surface area contributed by atoms with Crippen LogP contribution in [0.5, 0.6) is 0 Å². The van der Waals surface area contributed by atoms with Crippen molar-refractivity contribution in [3.63, 3.8) is 0 Å². The Kier molecular flexibility index (Phi) is 5.70. The van der Waals surface area contributed by atoms with Crippen LogP contribution in [0.4, 0.5) is 11.4 Å². The summed E-state index contributed by atoms with van der Waals surface area (Å²) in [6.07, 6.45) is 3.60. The molecule has 0 aliphatic rings. The summed E-state index contributed by atoms with van der Waals surface area (Å²) in [5.41, 5.74) is 2.38. The molecule has 23 heavy (non-hydrogen) atoms. The van der Waals surface area contributed by atoms with Gasteiger partial charge in [0.2, 0.25) is 0 Å². The molecule has 0 fully saturated rings. The molecule has 1 aromatic heterocycles. The van der Waals surface area contributed by atoms with Crippen LogP contribution in [-0.2, 0) is 0 Å². The van der Waals surface area contributed by atoms with E-state index < -0.39 is 0 Å². The van der Waals surface area contributed by atoms with Gasteiger partial charge in [0.15, 0.2) is 0 Å². The molecule has 0 saturated carbocycles. The number of anilines is 2. The highest BCUT2D eigenvalue weighted by atomic mass is 16.2. The first-order valence-electron chi connectivity index (χ1n) is 7.63. The van der Waals surface area contributed by atoms with Crippen molar-refractivity contribution in [3.05, 3.63) is 53.9 Å². The number of benzene rings is 1. The van der Waals surface area contributed by atoms with Crippen LogP contribution in [0.15, 0.2) is 42.6 Å². The molecule has 0 radical (unpaired) electrons. The molecule has 0 spiro atoms. The number of nitrogens with zero attached hydrogens (tertiary/aromatic N) is 3. The lowest BCUT2D eigenvalue weighted by molar-refractivity contribution is 0.0787. The standard InChI is InChI=1S/C18H20N4O/c1-3-4-11-22(2)18(23)17-12-15(9-10-20-17)21-16-8-6-5-7-14(16)13-19/h5-10,12H,3-4,11H2,1-2H3,(H,20,21). The van der Waals surface area contributed by atoms with Crippen molar-refractivity contribution in [2.75, 3.05) is 18.9 Å². The maximum absolute atomic E-state index is 12.4. The normalized spacial score (nSPS) is 9.96. The molecule has 1 N–H and O–H groups in total. The second-order valence-electron chi connectivity index (χ2n) is 5.29. The Hall–Kier alpha value is -2.87. The molecule has 0 aliphatic heterocycles. The minimum atomic E-state index is -0.101. The van der Waals surface area contributed by atoms with Crippen LogP contribution in [0.2, 0.25) is 0 Å². The number of nitrogens with one attached hydrogen (secondary N) is 1. The molecule has 2 rings (SSSR count). The summed E-state index contributed by atoms with van der Waals surface area (Å²) in [5, 5.41) is 12.3. The topological polar surface area (TPSA) is 69.0 Å². The van der Waals surface area contributed by atoms with Crippen LogP contribution >= 0.6 is 0 Å². The molecule has 0 unspecified atom stereocenters. The molecular weight excluding hydrogens is 288 g/mol. The summed E-state index contributed by atoms with van der Waals surface area (Å²) >= 11 is 0. The predicted molar refractivity (Wildman–Crippen MR) is 90.5 cm³/mol. The van der Waals surface area contributed by atoms with Gasteiger partial charge in [-0.25, -0.2) is 0 Å². The lowest BCUT2D eigenvalue weighted by Crippen LogP contribution is -2.28. The Morgan fingerprint density at radius 2 is 2.13 bits per heavy atom. The molecule has 1 amide bonds. The lowest BCUT2D eigenvalue weighted by Gasteiger charge is -2.16. The number of hydrogen-bond donors (Lipinski definition) is 1. The van der Waals surface area contributed by atoms with E-state index in [9.17, 15) is 4.79 Å². The average molecular weight is 308 g/mol. The molecule has 5 heteroatoms. The van der Waals surface area contributed by atoms with Crippen LogP contribution < -0.4 is 5.32 Å². The predicted octanol–water partition coefficient (Wildman–Crippen LogP) is 3.57. The number of unbranched alkanes of at least 4 members (excludes halogenated alkanes) is 1. The van der Waals surface area contributed by atoms with Crippen LogP contribution in [0, 0.1) is 11.3 Å². The van der Waals surface area contributed by atoms with Gasteiger partial charge in [-0.15, -0.1) is 0 Å². The smallest absolute Gasteiger partial charge is 0.272 e. The number of carbonyl (C=O) groups is 1. The maximum Gasteiger partial charge on any atom is 0.272 e. The van der Waals surface area contributed by atoms with E-state index in [4.69, 9.17) is 5.26 Å². The number of aromatic nitrogens is 1. The monoisotopic (exact) mass is 308 g/mol. The van der Waals surface area contributed by atoms with Gasteiger partial charge in [-0.3, -0.25) is 9.78 Å². The second kappa shape index (κ2) is 7.95. The Bertz CT molecular complexity index is 721. The summed E-state index contributed by atoms with van der Waals surface area (Å²) in [4.78, 5) is 18.2.